The summed E-state index contributed by atoms with van der Waals surface area (Å²) >= 11 is 0. The Morgan fingerprint density at radius 2 is 1.68 bits per heavy atom. The van der Waals surface area contributed by atoms with Crippen LogP contribution < -0.4 is 5.32 Å². The van der Waals surface area contributed by atoms with Crippen LogP contribution >= 0.6 is 0 Å². The average molecular weight is 331 g/mol. The Hall–Kier alpha value is -2.88. The second kappa shape index (κ2) is 6.93. The molecule has 3 aromatic rings. The van der Waals surface area contributed by atoms with E-state index in [2.05, 4.69) is 39.6 Å². The van der Waals surface area contributed by atoms with Gasteiger partial charge >= 0.3 is 0 Å². The molecule has 0 saturated heterocycles. The van der Waals surface area contributed by atoms with E-state index in [9.17, 15) is 4.79 Å². The number of benzene rings is 2. The third-order valence-corrected chi connectivity index (χ3v) is 4.91. The fraction of sp³-hybridized carbons (Fsp3) is 0.238. The molecule has 0 bridgehead atoms. The smallest absolute Gasteiger partial charge is 0.224 e. The fourth-order valence-corrected chi connectivity index (χ4v) is 3.53. The van der Waals surface area contributed by atoms with Crippen molar-refractivity contribution in [3.8, 4) is 0 Å². The van der Waals surface area contributed by atoms with Crippen LogP contribution in [0.25, 0.3) is 0 Å². The number of amides is 1. The van der Waals surface area contributed by atoms with Gasteiger partial charge in [0.25, 0.3) is 0 Å². The van der Waals surface area contributed by atoms with Gasteiger partial charge in [0.05, 0.1) is 18.1 Å². The maximum absolute atomic E-state index is 12.9. The number of aromatic nitrogens is 2. The molecule has 1 aliphatic carbocycles. The monoisotopic (exact) mass is 331 g/mol. The van der Waals surface area contributed by atoms with Crippen LogP contribution in [0, 0.1) is 5.92 Å². The summed E-state index contributed by atoms with van der Waals surface area (Å²) in [5.41, 5.74) is 4.40. The zero-order valence-corrected chi connectivity index (χ0v) is 14.0. The van der Waals surface area contributed by atoms with Crippen LogP contribution in [0.2, 0.25) is 0 Å². The molecule has 1 atom stereocenters. The van der Waals surface area contributed by atoms with E-state index in [4.69, 9.17) is 0 Å². The molecule has 1 heterocycles. The van der Waals surface area contributed by atoms with Crippen LogP contribution in [0.4, 0.5) is 0 Å². The number of carbonyl (C=O) groups excluding carboxylic acids is 1. The van der Waals surface area contributed by atoms with Crippen molar-refractivity contribution in [2.45, 2.75) is 25.3 Å². The first-order chi connectivity index (χ1) is 12.3. The molecule has 126 valence electrons. The molecule has 4 rings (SSSR count). The van der Waals surface area contributed by atoms with Gasteiger partial charge in [-0.3, -0.25) is 4.79 Å². The molecule has 4 nitrogen and oxygen atoms in total. The Labute approximate surface area is 147 Å². The van der Waals surface area contributed by atoms with E-state index in [0.717, 1.165) is 41.8 Å². The van der Waals surface area contributed by atoms with Crippen molar-refractivity contribution in [3.63, 3.8) is 0 Å². The van der Waals surface area contributed by atoms with Crippen molar-refractivity contribution in [2.24, 2.45) is 5.92 Å². The van der Waals surface area contributed by atoms with E-state index < -0.39 is 0 Å². The van der Waals surface area contributed by atoms with Crippen molar-refractivity contribution in [3.05, 3.63) is 89.5 Å². The van der Waals surface area contributed by atoms with Crippen molar-refractivity contribution in [2.75, 3.05) is 0 Å². The predicted octanol–water partition coefficient (Wildman–Crippen LogP) is 3.42. The Kier molecular flexibility index (Phi) is 4.34. The standard InChI is InChI=1S/C21H21N3O/c25-21(17-11-12-18-19(13-17)23-14-22-18)24-20(15-7-3-1-4-8-15)16-9-5-2-6-10-16/h1-10,14,17,20H,11-13H2,(H,22,23)(H,24,25). The van der Waals surface area contributed by atoms with E-state index in [1.54, 1.807) is 6.33 Å². The minimum Gasteiger partial charge on any atom is -0.348 e. The van der Waals surface area contributed by atoms with E-state index in [1.165, 1.54) is 0 Å². The Morgan fingerprint density at radius 1 is 1.04 bits per heavy atom. The van der Waals surface area contributed by atoms with Gasteiger partial charge in [-0.25, -0.2) is 4.98 Å². The molecule has 0 spiro atoms. The number of fused-ring (bicyclic) bond motifs is 1. The molecule has 1 aromatic heterocycles. The van der Waals surface area contributed by atoms with Gasteiger partial charge in [-0.05, 0) is 24.0 Å². The highest BCUT2D eigenvalue weighted by Crippen LogP contribution is 2.26. The van der Waals surface area contributed by atoms with Crippen LogP contribution in [0.15, 0.2) is 67.0 Å². The lowest BCUT2D eigenvalue weighted by atomic mass is 9.88. The number of H-pyrrole nitrogens is 1. The summed E-state index contributed by atoms with van der Waals surface area (Å²) < 4.78 is 0. The summed E-state index contributed by atoms with van der Waals surface area (Å²) in [5, 5.41) is 3.27. The summed E-state index contributed by atoms with van der Waals surface area (Å²) in [6.45, 7) is 0. The lowest BCUT2D eigenvalue weighted by Gasteiger charge is -2.25. The van der Waals surface area contributed by atoms with Crippen LogP contribution in [-0.2, 0) is 17.6 Å². The minimum atomic E-state index is -0.127. The Morgan fingerprint density at radius 3 is 2.32 bits per heavy atom. The lowest BCUT2D eigenvalue weighted by molar-refractivity contribution is -0.125. The maximum Gasteiger partial charge on any atom is 0.224 e. The number of carbonyl (C=O) groups is 1. The molecule has 2 N–H and O–H groups in total. The highest BCUT2D eigenvalue weighted by atomic mass is 16.1. The molecule has 1 aliphatic rings. The number of imidazole rings is 1. The van der Waals surface area contributed by atoms with Crippen molar-refractivity contribution >= 4 is 5.91 Å². The van der Waals surface area contributed by atoms with E-state index in [1.807, 2.05) is 36.4 Å². The van der Waals surface area contributed by atoms with Crippen LogP contribution in [-0.4, -0.2) is 15.9 Å². The second-order valence-electron chi connectivity index (χ2n) is 6.53. The topological polar surface area (TPSA) is 57.8 Å². The van der Waals surface area contributed by atoms with Gasteiger partial charge in [0.2, 0.25) is 5.91 Å². The summed E-state index contributed by atoms with van der Waals surface area (Å²) in [5.74, 6) is 0.0980. The normalized spacial score (nSPS) is 16.4. The summed E-state index contributed by atoms with van der Waals surface area (Å²) in [6.07, 6.45) is 4.16. The van der Waals surface area contributed by atoms with Gasteiger partial charge in [-0.1, -0.05) is 60.7 Å². The van der Waals surface area contributed by atoms with Crippen molar-refractivity contribution in [1.82, 2.24) is 15.3 Å². The quantitative estimate of drug-likeness (QED) is 0.769. The molecule has 0 aliphatic heterocycles. The number of aromatic amines is 1. The van der Waals surface area contributed by atoms with E-state index >= 15 is 0 Å². The second-order valence-corrected chi connectivity index (χ2v) is 6.53. The molecule has 0 saturated carbocycles. The molecule has 25 heavy (non-hydrogen) atoms. The van der Waals surface area contributed by atoms with Gasteiger partial charge in [0, 0.05) is 18.0 Å². The highest BCUT2D eigenvalue weighted by molar-refractivity contribution is 5.80. The molecular weight excluding hydrogens is 310 g/mol. The Balaban J connectivity index is 1.56. The van der Waals surface area contributed by atoms with Crippen LogP contribution in [0.5, 0.6) is 0 Å². The number of rotatable bonds is 4. The predicted molar refractivity (Wildman–Crippen MR) is 97.0 cm³/mol. The largest absolute Gasteiger partial charge is 0.348 e. The first-order valence-electron chi connectivity index (χ1n) is 8.72. The number of nitrogens with one attached hydrogen (secondary N) is 2. The molecule has 2 aromatic carbocycles. The van der Waals surface area contributed by atoms with Crippen molar-refractivity contribution in [1.29, 1.82) is 0 Å². The first-order valence-corrected chi connectivity index (χ1v) is 8.72. The fourth-order valence-electron chi connectivity index (χ4n) is 3.53. The van der Waals surface area contributed by atoms with Gasteiger partial charge in [0.15, 0.2) is 0 Å². The zero-order chi connectivity index (χ0) is 17.1. The van der Waals surface area contributed by atoms with Gasteiger partial charge < -0.3 is 10.3 Å². The highest BCUT2D eigenvalue weighted by Gasteiger charge is 2.28. The average Bonchev–Trinajstić information content (AvgIpc) is 3.15. The summed E-state index contributed by atoms with van der Waals surface area (Å²) in [7, 11) is 0. The number of nitrogens with zero attached hydrogens (tertiary/aromatic N) is 1. The van der Waals surface area contributed by atoms with E-state index in [0.29, 0.717) is 0 Å². The molecular formula is C21H21N3O. The van der Waals surface area contributed by atoms with Crippen molar-refractivity contribution < 1.29 is 4.79 Å². The molecule has 1 unspecified atom stereocenters. The van der Waals surface area contributed by atoms with Crippen LogP contribution in [0.3, 0.4) is 0 Å². The SMILES string of the molecule is O=C(NC(c1ccccc1)c1ccccc1)C1CCc2nc[nH]c2C1. The molecule has 1 amide bonds. The summed E-state index contributed by atoms with van der Waals surface area (Å²) in [4.78, 5) is 20.4. The lowest BCUT2D eigenvalue weighted by Crippen LogP contribution is -2.37. The molecule has 0 radical (unpaired) electrons. The van der Waals surface area contributed by atoms with Gasteiger partial charge in [-0.15, -0.1) is 0 Å². The third-order valence-electron chi connectivity index (χ3n) is 4.91. The Bertz CT molecular complexity index is 802. The summed E-state index contributed by atoms with van der Waals surface area (Å²) in [6, 6.07) is 20.1. The number of aryl methyl sites for hydroxylation is 1. The number of hydrogen-bond acceptors (Lipinski definition) is 2. The zero-order valence-electron chi connectivity index (χ0n) is 14.0. The first kappa shape index (κ1) is 15.6. The third kappa shape index (κ3) is 3.33. The number of hydrogen-bond donors (Lipinski definition) is 2. The molecule has 4 heteroatoms. The van der Waals surface area contributed by atoms with Crippen LogP contribution in [0.1, 0.15) is 35.0 Å². The minimum absolute atomic E-state index is 0.0112. The maximum atomic E-state index is 12.9. The van der Waals surface area contributed by atoms with Gasteiger partial charge in [-0.2, -0.15) is 0 Å². The molecule has 0 fully saturated rings. The van der Waals surface area contributed by atoms with Gasteiger partial charge in [0.1, 0.15) is 0 Å². The van der Waals surface area contributed by atoms with E-state index in [-0.39, 0.29) is 17.9 Å².